The Hall–Kier alpha value is -1.23. The van der Waals surface area contributed by atoms with Crippen molar-refractivity contribution >= 4 is 11.4 Å². The third-order valence-electron chi connectivity index (χ3n) is 3.01. The summed E-state index contributed by atoms with van der Waals surface area (Å²) in [5.74, 6) is -4.49. The van der Waals surface area contributed by atoms with Crippen molar-refractivity contribution in [2.45, 2.75) is 51.3 Å². The van der Waals surface area contributed by atoms with Crippen LogP contribution in [0.2, 0.25) is 0 Å². The molecule has 0 spiro atoms. The van der Waals surface area contributed by atoms with Gasteiger partial charge in [-0.2, -0.15) is 5.26 Å². The fraction of sp³-hybridized carbons (Fsp3) is 0.533. The summed E-state index contributed by atoms with van der Waals surface area (Å²) in [6.45, 7) is 7.28. The maximum absolute atomic E-state index is 14.4. The topological polar surface area (TPSA) is 58.9 Å². The Morgan fingerprint density at radius 1 is 1.27 bits per heavy atom. The highest BCUT2D eigenvalue weighted by molar-refractivity contribution is 7.90. The predicted molar refractivity (Wildman–Crippen MR) is 80.1 cm³/mol. The van der Waals surface area contributed by atoms with Crippen LogP contribution >= 0.6 is 0 Å². The molecule has 0 aromatic heterocycles. The lowest BCUT2D eigenvalue weighted by atomic mass is 9.98. The molecule has 2 atom stereocenters. The normalized spacial score (nSPS) is 15.3. The molecule has 0 saturated heterocycles. The van der Waals surface area contributed by atoms with Gasteiger partial charge in [0.2, 0.25) is 0 Å². The van der Waals surface area contributed by atoms with Crippen molar-refractivity contribution in [3.8, 4) is 6.07 Å². The minimum absolute atomic E-state index is 0.0666. The van der Waals surface area contributed by atoms with Gasteiger partial charge >= 0.3 is 0 Å². The second kappa shape index (κ2) is 6.49. The van der Waals surface area contributed by atoms with E-state index in [4.69, 9.17) is 5.26 Å². The van der Waals surface area contributed by atoms with Gasteiger partial charge in [0.1, 0.15) is 10.6 Å². The number of alkyl halides is 2. The van der Waals surface area contributed by atoms with Gasteiger partial charge in [0, 0.05) is 23.8 Å². The van der Waals surface area contributed by atoms with E-state index in [9.17, 15) is 17.7 Å². The third kappa shape index (κ3) is 4.38. The van der Waals surface area contributed by atoms with Gasteiger partial charge in [0.15, 0.2) is 0 Å². The van der Waals surface area contributed by atoms with E-state index in [1.165, 1.54) is 13.0 Å². The summed E-state index contributed by atoms with van der Waals surface area (Å²) >= 11 is -1.50. The highest BCUT2D eigenvalue weighted by Crippen LogP contribution is 2.34. The zero-order chi connectivity index (χ0) is 17.3. The van der Waals surface area contributed by atoms with Crippen LogP contribution in [0.3, 0.4) is 0 Å². The molecule has 0 aliphatic rings. The maximum Gasteiger partial charge on any atom is 0.273 e. The highest BCUT2D eigenvalue weighted by atomic mass is 32.2. The van der Waals surface area contributed by atoms with Crippen LogP contribution in [0.4, 0.5) is 13.2 Å². The molecule has 0 radical (unpaired) electrons. The average Bonchev–Trinajstić information content (AvgIpc) is 2.36. The van der Waals surface area contributed by atoms with Crippen LogP contribution in [-0.2, 0) is 17.3 Å². The van der Waals surface area contributed by atoms with Crippen molar-refractivity contribution in [2.75, 3.05) is 0 Å². The summed E-state index contributed by atoms with van der Waals surface area (Å²) in [6.07, 6.45) is 0. The molecule has 7 heteroatoms. The lowest BCUT2D eigenvalue weighted by Crippen LogP contribution is -2.40. The predicted octanol–water partition coefficient (Wildman–Crippen LogP) is 3.92. The van der Waals surface area contributed by atoms with Crippen molar-refractivity contribution in [3.05, 3.63) is 34.6 Å². The molecule has 0 aliphatic carbocycles. The number of hydrogen-bond donors (Lipinski definition) is 1. The molecule has 1 rings (SSSR count). The van der Waals surface area contributed by atoms with Gasteiger partial charge in [-0.05, 0) is 39.8 Å². The van der Waals surface area contributed by atoms with Gasteiger partial charge in [-0.1, -0.05) is 0 Å². The molecule has 1 aromatic carbocycles. The number of benzene rings is 1. The van der Waals surface area contributed by atoms with E-state index in [-0.39, 0.29) is 11.1 Å². The molecule has 0 amide bonds. The number of rotatable bonds is 4. The summed E-state index contributed by atoms with van der Waals surface area (Å²) in [5, 5.41) is 8.94. The molecule has 122 valence electrons. The fourth-order valence-corrected chi connectivity index (χ4v) is 2.55. The largest absolute Gasteiger partial charge is 0.598 e. The molecule has 1 aromatic rings. The summed E-state index contributed by atoms with van der Waals surface area (Å²) < 4.78 is 55.5. The smallest absolute Gasteiger partial charge is 0.273 e. The van der Waals surface area contributed by atoms with Crippen LogP contribution in [0.25, 0.3) is 0 Å². The molecule has 0 saturated carbocycles. The fourth-order valence-electron chi connectivity index (χ4n) is 1.75. The van der Waals surface area contributed by atoms with Crippen molar-refractivity contribution in [1.29, 1.82) is 5.26 Å². The van der Waals surface area contributed by atoms with Gasteiger partial charge in [-0.3, -0.25) is 0 Å². The van der Waals surface area contributed by atoms with Gasteiger partial charge in [-0.25, -0.2) is 13.2 Å². The quantitative estimate of drug-likeness (QED) is 0.850. The zero-order valence-electron chi connectivity index (χ0n) is 13.1. The number of nitrogens with one attached hydrogen (secondary N) is 1. The standard InChI is InChI=1S/C15H19F3N2OS/c1-9(20-22(21)14(2,3)4)11-6-10(8-19)7-12(13(11)16)15(5,17)18/h6-7,9,20H,1-5H3/t9-,22?/m1/s1. The summed E-state index contributed by atoms with van der Waals surface area (Å²) in [5.41, 5.74) is -1.01. The molecular weight excluding hydrogens is 313 g/mol. The maximum atomic E-state index is 14.4. The minimum atomic E-state index is -3.41. The second-order valence-electron chi connectivity index (χ2n) is 6.15. The van der Waals surface area contributed by atoms with E-state index < -0.39 is 39.5 Å². The molecule has 1 unspecified atom stereocenters. The average molecular weight is 332 g/mol. The number of halogens is 3. The summed E-state index contributed by atoms with van der Waals surface area (Å²) in [6, 6.07) is 3.00. The molecule has 0 bridgehead atoms. The third-order valence-corrected chi connectivity index (χ3v) is 4.69. The van der Waals surface area contributed by atoms with Crippen LogP contribution in [0.15, 0.2) is 12.1 Å². The highest BCUT2D eigenvalue weighted by Gasteiger charge is 2.33. The number of hydrogen-bond acceptors (Lipinski definition) is 3. The Labute approximate surface area is 131 Å². The van der Waals surface area contributed by atoms with E-state index in [1.54, 1.807) is 26.8 Å². The van der Waals surface area contributed by atoms with Crippen LogP contribution in [0.5, 0.6) is 0 Å². The van der Waals surface area contributed by atoms with Crippen molar-refractivity contribution in [2.24, 2.45) is 0 Å². The molecule has 1 N–H and O–H groups in total. The molecular formula is C15H19F3N2OS. The zero-order valence-corrected chi connectivity index (χ0v) is 13.9. The Morgan fingerprint density at radius 3 is 2.23 bits per heavy atom. The number of nitriles is 1. The Kier molecular flexibility index (Phi) is 5.55. The number of nitrogens with zero attached hydrogens (tertiary/aromatic N) is 1. The van der Waals surface area contributed by atoms with Crippen LogP contribution < -0.4 is 4.72 Å². The van der Waals surface area contributed by atoms with E-state index in [0.717, 1.165) is 6.07 Å². The first-order valence-electron chi connectivity index (χ1n) is 6.67. The summed E-state index contributed by atoms with van der Waals surface area (Å²) in [7, 11) is 0. The lowest BCUT2D eigenvalue weighted by molar-refractivity contribution is 0.0135. The minimum Gasteiger partial charge on any atom is -0.598 e. The molecule has 0 heterocycles. The molecule has 22 heavy (non-hydrogen) atoms. The van der Waals surface area contributed by atoms with Gasteiger partial charge in [-0.15, -0.1) is 4.72 Å². The summed E-state index contributed by atoms with van der Waals surface area (Å²) in [4.78, 5) is 0. The second-order valence-corrected chi connectivity index (χ2v) is 8.15. The first-order valence-corrected chi connectivity index (χ1v) is 7.82. The van der Waals surface area contributed by atoms with Crippen LogP contribution in [-0.4, -0.2) is 9.30 Å². The first kappa shape index (κ1) is 18.8. The van der Waals surface area contributed by atoms with E-state index >= 15 is 0 Å². The van der Waals surface area contributed by atoms with Gasteiger partial charge in [0.05, 0.1) is 23.2 Å². The molecule has 0 fully saturated rings. The van der Waals surface area contributed by atoms with E-state index in [0.29, 0.717) is 6.92 Å². The Morgan fingerprint density at radius 2 is 1.82 bits per heavy atom. The lowest BCUT2D eigenvalue weighted by Gasteiger charge is -2.27. The monoisotopic (exact) mass is 332 g/mol. The molecule has 3 nitrogen and oxygen atoms in total. The van der Waals surface area contributed by atoms with Crippen LogP contribution in [0, 0.1) is 17.1 Å². The first-order chi connectivity index (χ1) is 9.87. The van der Waals surface area contributed by atoms with E-state index in [2.05, 4.69) is 4.72 Å². The van der Waals surface area contributed by atoms with Crippen molar-refractivity contribution in [1.82, 2.24) is 4.72 Å². The Balaban J connectivity index is 3.27. The Bertz CT molecular complexity index is 588. The van der Waals surface area contributed by atoms with Crippen LogP contribution in [0.1, 0.15) is 57.4 Å². The van der Waals surface area contributed by atoms with Crippen molar-refractivity contribution < 1.29 is 17.7 Å². The molecule has 0 aliphatic heterocycles. The SMILES string of the molecule is C[C@@H](N[S+]([O-])C(C)(C)C)c1cc(C#N)cc(C(C)(F)F)c1F. The van der Waals surface area contributed by atoms with Gasteiger partial charge < -0.3 is 4.55 Å². The van der Waals surface area contributed by atoms with Gasteiger partial charge in [0.25, 0.3) is 5.92 Å². The van der Waals surface area contributed by atoms with E-state index in [1.807, 2.05) is 0 Å². The van der Waals surface area contributed by atoms with Crippen molar-refractivity contribution in [3.63, 3.8) is 0 Å².